The molecule has 0 radical (unpaired) electrons. The molecule has 1 atom stereocenters. The van der Waals surface area contributed by atoms with E-state index < -0.39 is 0 Å². The van der Waals surface area contributed by atoms with Crippen LogP contribution in [0.4, 0.5) is 5.88 Å². The highest BCUT2D eigenvalue weighted by Gasteiger charge is 2.24. The highest BCUT2D eigenvalue weighted by molar-refractivity contribution is 5.45. The van der Waals surface area contributed by atoms with Crippen molar-refractivity contribution in [2.45, 2.75) is 33.2 Å². The zero-order valence-corrected chi connectivity index (χ0v) is 16.4. The van der Waals surface area contributed by atoms with Gasteiger partial charge in [-0.05, 0) is 18.4 Å². The van der Waals surface area contributed by atoms with Crippen molar-refractivity contribution in [2.75, 3.05) is 38.2 Å². The molecule has 1 aromatic carbocycles. The third kappa shape index (κ3) is 5.09. The van der Waals surface area contributed by atoms with Gasteiger partial charge in [0.25, 0.3) is 0 Å². The van der Waals surface area contributed by atoms with E-state index in [2.05, 4.69) is 66.3 Å². The molecule has 1 aromatic heterocycles. The number of aryl methyl sites for hydroxylation is 1. The van der Waals surface area contributed by atoms with Gasteiger partial charge in [0, 0.05) is 26.1 Å². The van der Waals surface area contributed by atoms with Crippen molar-refractivity contribution in [3.05, 3.63) is 47.0 Å². The Morgan fingerprint density at radius 2 is 1.93 bits per heavy atom. The zero-order valence-electron chi connectivity index (χ0n) is 16.4. The first-order chi connectivity index (χ1) is 13.1. The van der Waals surface area contributed by atoms with Gasteiger partial charge in [-0.2, -0.15) is 5.26 Å². The molecular formula is C21H28N4O2. The van der Waals surface area contributed by atoms with Crippen LogP contribution in [0.3, 0.4) is 0 Å². The van der Waals surface area contributed by atoms with Gasteiger partial charge >= 0.3 is 0 Å². The maximum Gasteiger partial charge on any atom is 0.232 e. The van der Waals surface area contributed by atoms with Gasteiger partial charge in [0.2, 0.25) is 11.6 Å². The second-order valence-electron chi connectivity index (χ2n) is 7.45. The van der Waals surface area contributed by atoms with E-state index >= 15 is 0 Å². The first-order valence-electron chi connectivity index (χ1n) is 9.59. The molecule has 0 spiro atoms. The van der Waals surface area contributed by atoms with E-state index in [-0.39, 0.29) is 6.04 Å². The molecule has 1 N–H and O–H groups in total. The first-order valence-corrected chi connectivity index (χ1v) is 9.59. The number of hydrogen-bond donors (Lipinski definition) is 1. The molecular weight excluding hydrogens is 340 g/mol. The largest absolute Gasteiger partial charge is 0.424 e. The maximum atomic E-state index is 9.39. The molecule has 1 aliphatic rings. The Bertz CT molecular complexity index is 770. The molecule has 0 amide bonds. The summed E-state index contributed by atoms with van der Waals surface area (Å²) in [6.07, 6.45) is 0.723. The topological polar surface area (TPSA) is 74.3 Å². The fraction of sp³-hybridized carbons (Fsp3) is 0.524. The van der Waals surface area contributed by atoms with Crippen molar-refractivity contribution in [1.29, 1.82) is 5.26 Å². The first kappa shape index (κ1) is 19.4. The molecule has 3 rings (SSSR count). The molecule has 1 saturated heterocycles. The Morgan fingerprint density at radius 1 is 1.22 bits per heavy atom. The fourth-order valence-electron chi connectivity index (χ4n) is 3.32. The standard InChI is InChI=1S/C21H28N4O2/c1-15(2)12-20-24-18(13-22)21(27-20)23-14-19(25-8-10-26-11-9-25)17-6-4-16(3)5-7-17/h4-7,15,19,23H,8-12,14H2,1-3H3/t19-/m0/s1. The van der Waals surface area contributed by atoms with Crippen LogP contribution in [0.15, 0.2) is 28.7 Å². The van der Waals surface area contributed by atoms with E-state index in [1.807, 2.05) is 0 Å². The number of nitrogens with one attached hydrogen (secondary N) is 1. The Morgan fingerprint density at radius 3 is 2.56 bits per heavy atom. The smallest absolute Gasteiger partial charge is 0.232 e. The molecule has 0 unspecified atom stereocenters. The minimum atomic E-state index is 0.180. The lowest BCUT2D eigenvalue weighted by Crippen LogP contribution is -2.41. The molecule has 27 heavy (non-hydrogen) atoms. The summed E-state index contributed by atoms with van der Waals surface area (Å²) in [7, 11) is 0. The van der Waals surface area contributed by atoms with Gasteiger partial charge in [0.05, 0.1) is 19.3 Å². The highest BCUT2D eigenvalue weighted by Crippen LogP contribution is 2.25. The summed E-state index contributed by atoms with van der Waals surface area (Å²) >= 11 is 0. The molecule has 144 valence electrons. The Balaban J connectivity index is 1.77. The molecule has 1 fully saturated rings. The summed E-state index contributed by atoms with van der Waals surface area (Å²) in [5, 5.41) is 12.7. The van der Waals surface area contributed by atoms with Gasteiger partial charge in [-0.1, -0.05) is 43.7 Å². The third-order valence-corrected chi connectivity index (χ3v) is 4.76. The highest BCUT2D eigenvalue weighted by atomic mass is 16.5. The summed E-state index contributed by atoms with van der Waals surface area (Å²) in [5.74, 6) is 1.51. The molecule has 1 aliphatic heterocycles. The van der Waals surface area contributed by atoms with Crippen LogP contribution in [0.5, 0.6) is 0 Å². The molecule has 2 aromatic rings. The summed E-state index contributed by atoms with van der Waals surface area (Å²) < 4.78 is 11.3. The predicted octanol–water partition coefficient (Wildman–Crippen LogP) is 3.54. The Kier molecular flexibility index (Phi) is 6.49. The van der Waals surface area contributed by atoms with Crippen LogP contribution < -0.4 is 5.32 Å². The van der Waals surface area contributed by atoms with Crippen molar-refractivity contribution in [1.82, 2.24) is 9.88 Å². The normalized spacial score (nSPS) is 16.3. The quantitative estimate of drug-likeness (QED) is 0.806. The number of nitriles is 1. The van der Waals surface area contributed by atoms with Gasteiger partial charge in [0.15, 0.2) is 5.89 Å². The molecule has 6 nitrogen and oxygen atoms in total. The number of nitrogens with zero attached hydrogens (tertiary/aromatic N) is 3. The van der Waals surface area contributed by atoms with Crippen LogP contribution >= 0.6 is 0 Å². The number of hydrogen-bond acceptors (Lipinski definition) is 6. The fourth-order valence-corrected chi connectivity index (χ4v) is 3.32. The molecule has 0 bridgehead atoms. The van der Waals surface area contributed by atoms with Gasteiger partial charge in [-0.25, -0.2) is 4.98 Å². The number of aromatic nitrogens is 1. The summed E-state index contributed by atoms with van der Waals surface area (Å²) in [6.45, 7) is 10.2. The maximum absolute atomic E-state index is 9.39. The number of benzene rings is 1. The number of morpholine rings is 1. The average Bonchev–Trinajstić information content (AvgIpc) is 3.05. The lowest BCUT2D eigenvalue weighted by atomic mass is 10.0. The van der Waals surface area contributed by atoms with Crippen LogP contribution in [0, 0.1) is 24.2 Å². The molecule has 2 heterocycles. The summed E-state index contributed by atoms with van der Waals surface area (Å²) in [6, 6.07) is 10.9. The number of anilines is 1. The minimum Gasteiger partial charge on any atom is -0.424 e. The number of ether oxygens (including phenoxy) is 1. The minimum absolute atomic E-state index is 0.180. The lowest BCUT2D eigenvalue weighted by molar-refractivity contribution is 0.0186. The number of rotatable bonds is 7. The molecule has 6 heteroatoms. The van der Waals surface area contributed by atoms with Crippen LogP contribution in [-0.2, 0) is 11.2 Å². The van der Waals surface area contributed by atoms with Gasteiger partial charge in [-0.15, -0.1) is 0 Å². The Hall–Kier alpha value is -2.36. The van der Waals surface area contributed by atoms with E-state index in [1.165, 1.54) is 11.1 Å². The van der Waals surface area contributed by atoms with Gasteiger partial charge in [0.1, 0.15) is 6.07 Å². The molecule has 0 saturated carbocycles. The van der Waals surface area contributed by atoms with Crippen molar-refractivity contribution in [3.63, 3.8) is 0 Å². The second-order valence-corrected chi connectivity index (χ2v) is 7.45. The van der Waals surface area contributed by atoms with Crippen molar-refractivity contribution in [3.8, 4) is 6.07 Å². The van der Waals surface area contributed by atoms with Crippen molar-refractivity contribution in [2.24, 2.45) is 5.92 Å². The van der Waals surface area contributed by atoms with Crippen molar-refractivity contribution >= 4 is 5.88 Å². The van der Waals surface area contributed by atoms with E-state index in [4.69, 9.17) is 9.15 Å². The van der Waals surface area contributed by atoms with Crippen LogP contribution in [0.2, 0.25) is 0 Å². The van der Waals surface area contributed by atoms with E-state index in [1.54, 1.807) is 0 Å². The van der Waals surface area contributed by atoms with Crippen LogP contribution in [0.1, 0.15) is 42.6 Å². The second kappa shape index (κ2) is 9.03. The van der Waals surface area contributed by atoms with Crippen LogP contribution in [0.25, 0.3) is 0 Å². The number of oxazole rings is 1. The SMILES string of the molecule is Cc1ccc([C@H](CNc2oc(CC(C)C)nc2C#N)N2CCOCC2)cc1. The van der Waals surface area contributed by atoms with E-state index in [0.29, 0.717) is 29.9 Å². The predicted molar refractivity (Wildman–Crippen MR) is 105 cm³/mol. The summed E-state index contributed by atoms with van der Waals surface area (Å²) in [5.41, 5.74) is 2.82. The molecule has 0 aliphatic carbocycles. The van der Waals surface area contributed by atoms with Gasteiger partial charge in [-0.3, -0.25) is 4.90 Å². The van der Waals surface area contributed by atoms with Gasteiger partial charge < -0.3 is 14.5 Å². The van der Waals surface area contributed by atoms with Crippen molar-refractivity contribution < 1.29 is 9.15 Å². The van der Waals surface area contributed by atoms with E-state index in [0.717, 1.165) is 32.7 Å². The zero-order chi connectivity index (χ0) is 19.2. The lowest BCUT2D eigenvalue weighted by Gasteiger charge is -2.35. The summed E-state index contributed by atoms with van der Waals surface area (Å²) in [4.78, 5) is 6.74. The third-order valence-electron chi connectivity index (χ3n) is 4.76. The monoisotopic (exact) mass is 368 g/mol. The average molecular weight is 368 g/mol. The van der Waals surface area contributed by atoms with Crippen LogP contribution in [-0.4, -0.2) is 42.7 Å². The van der Waals surface area contributed by atoms with E-state index in [9.17, 15) is 5.26 Å². The Labute approximate surface area is 161 Å².